The number of carbonyl (C=O) groups is 1. The standard InChI is InChI=1S/C23H22N2O2/c1-4-15-25-16-20(24-3)21(22(25)23(26)27-5-2)19-13-11-18(12-14-19)17-9-7-6-8-10-17/h6-14,16H,4-5,15H2,1-2H3. The van der Waals surface area contributed by atoms with Gasteiger partial charge in [0.1, 0.15) is 5.69 Å². The zero-order chi connectivity index (χ0) is 19.2. The Kier molecular flexibility index (Phi) is 5.73. The molecule has 0 saturated carbocycles. The van der Waals surface area contributed by atoms with E-state index in [-0.39, 0.29) is 5.97 Å². The minimum atomic E-state index is -0.386. The molecular weight excluding hydrogens is 336 g/mol. The van der Waals surface area contributed by atoms with Crippen molar-refractivity contribution in [3.63, 3.8) is 0 Å². The number of benzene rings is 2. The molecular formula is C23H22N2O2. The molecule has 0 bridgehead atoms. The van der Waals surface area contributed by atoms with Gasteiger partial charge in [-0.15, -0.1) is 0 Å². The maximum atomic E-state index is 12.6. The van der Waals surface area contributed by atoms with E-state index in [0.717, 1.165) is 23.1 Å². The van der Waals surface area contributed by atoms with Crippen LogP contribution in [-0.4, -0.2) is 17.1 Å². The first-order chi connectivity index (χ1) is 13.2. The molecule has 0 amide bonds. The summed E-state index contributed by atoms with van der Waals surface area (Å²) < 4.78 is 7.10. The zero-order valence-corrected chi connectivity index (χ0v) is 15.6. The topological polar surface area (TPSA) is 35.6 Å². The smallest absolute Gasteiger partial charge is 0.354 e. The summed E-state index contributed by atoms with van der Waals surface area (Å²) in [5, 5.41) is 0. The van der Waals surface area contributed by atoms with Gasteiger partial charge in [0.15, 0.2) is 0 Å². The molecule has 27 heavy (non-hydrogen) atoms. The molecule has 0 saturated heterocycles. The number of hydrogen-bond donors (Lipinski definition) is 0. The lowest BCUT2D eigenvalue weighted by Crippen LogP contribution is -2.13. The first-order valence-electron chi connectivity index (χ1n) is 9.13. The number of aryl methyl sites for hydroxylation is 1. The van der Waals surface area contributed by atoms with Gasteiger partial charge in [0, 0.05) is 18.3 Å². The minimum absolute atomic E-state index is 0.301. The third kappa shape index (κ3) is 3.78. The van der Waals surface area contributed by atoms with Crippen molar-refractivity contribution >= 4 is 11.7 Å². The van der Waals surface area contributed by atoms with Crippen LogP contribution in [0.3, 0.4) is 0 Å². The van der Waals surface area contributed by atoms with Gasteiger partial charge in [-0.2, -0.15) is 0 Å². The first-order valence-corrected chi connectivity index (χ1v) is 9.13. The maximum Gasteiger partial charge on any atom is 0.354 e. The molecule has 3 aromatic rings. The molecule has 4 nitrogen and oxygen atoms in total. The Labute approximate surface area is 159 Å². The number of rotatable bonds is 6. The summed E-state index contributed by atoms with van der Waals surface area (Å²) in [6, 6.07) is 18.1. The fraction of sp³-hybridized carbons (Fsp3) is 0.217. The van der Waals surface area contributed by atoms with E-state index < -0.39 is 0 Å². The van der Waals surface area contributed by atoms with Gasteiger partial charge >= 0.3 is 5.97 Å². The van der Waals surface area contributed by atoms with Crippen molar-refractivity contribution in [1.82, 2.24) is 4.57 Å². The van der Waals surface area contributed by atoms with E-state index in [2.05, 4.69) is 17.0 Å². The van der Waals surface area contributed by atoms with Gasteiger partial charge in [-0.25, -0.2) is 9.64 Å². The van der Waals surface area contributed by atoms with E-state index in [4.69, 9.17) is 11.3 Å². The molecule has 0 aliphatic heterocycles. The second kappa shape index (κ2) is 8.37. The SMILES string of the molecule is [C-]#[N+]c1cn(CCC)c(C(=O)OCC)c1-c1ccc(-c2ccccc2)cc1. The van der Waals surface area contributed by atoms with Crippen LogP contribution in [0.4, 0.5) is 5.69 Å². The van der Waals surface area contributed by atoms with Crippen LogP contribution in [0.15, 0.2) is 60.8 Å². The highest BCUT2D eigenvalue weighted by Crippen LogP contribution is 2.37. The molecule has 1 heterocycles. The first kappa shape index (κ1) is 18.5. The summed E-state index contributed by atoms with van der Waals surface area (Å²) >= 11 is 0. The predicted octanol–water partition coefficient (Wildman–Crippen LogP) is 5.96. The summed E-state index contributed by atoms with van der Waals surface area (Å²) in [4.78, 5) is 16.3. The van der Waals surface area contributed by atoms with E-state index in [1.807, 2.05) is 54.0 Å². The third-order valence-corrected chi connectivity index (χ3v) is 4.39. The van der Waals surface area contributed by atoms with Crippen LogP contribution >= 0.6 is 0 Å². The van der Waals surface area contributed by atoms with Crippen LogP contribution in [0.1, 0.15) is 30.8 Å². The quantitative estimate of drug-likeness (QED) is 0.402. The Balaban J connectivity index is 2.10. The second-order valence-corrected chi connectivity index (χ2v) is 6.21. The van der Waals surface area contributed by atoms with Crippen LogP contribution in [0, 0.1) is 6.57 Å². The molecule has 0 radical (unpaired) electrons. The molecule has 136 valence electrons. The van der Waals surface area contributed by atoms with E-state index in [1.165, 1.54) is 0 Å². The average molecular weight is 358 g/mol. The van der Waals surface area contributed by atoms with Gasteiger partial charge in [-0.3, -0.25) is 0 Å². The van der Waals surface area contributed by atoms with E-state index in [1.54, 1.807) is 13.1 Å². The van der Waals surface area contributed by atoms with Crippen molar-refractivity contribution in [2.45, 2.75) is 26.8 Å². The minimum Gasteiger partial charge on any atom is -0.461 e. The summed E-state index contributed by atoms with van der Waals surface area (Å²) in [5.41, 5.74) is 4.64. The van der Waals surface area contributed by atoms with Crippen LogP contribution in [0.2, 0.25) is 0 Å². The molecule has 0 aliphatic rings. The monoisotopic (exact) mass is 358 g/mol. The van der Waals surface area contributed by atoms with Crippen molar-refractivity contribution in [2.75, 3.05) is 6.61 Å². The Bertz CT molecular complexity index is 964. The highest BCUT2D eigenvalue weighted by molar-refractivity contribution is 6.00. The lowest BCUT2D eigenvalue weighted by molar-refractivity contribution is 0.0514. The fourth-order valence-corrected chi connectivity index (χ4v) is 3.21. The van der Waals surface area contributed by atoms with Gasteiger partial charge in [0.2, 0.25) is 5.69 Å². The Morgan fingerprint density at radius 2 is 1.63 bits per heavy atom. The normalized spacial score (nSPS) is 10.4. The number of hydrogen-bond acceptors (Lipinski definition) is 2. The zero-order valence-electron chi connectivity index (χ0n) is 15.6. The van der Waals surface area contributed by atoms with Gasteiger partial charge in [0.25, 0.3) is 0 Å². The highest BCUT2D eigenvalue weighted by atomic mass is 16.5. The van der Waals surface area contributed by atoms with Crippen molar-refractivity contribution in [3.05, 3.63) is 77.9 Å². The van der Waals surface area contributed by atoms with E-state index in [9.17, 15) is 4.79 Å². The predicted molar refractivity (Wildman–Crippen MR) is 108 cm³/mol. The van der Waals surface area contributed by atoms with Gasteiger partial charge in [-0.05, 0) is 30.0 Å². The lowest BCUT2D eigenvalue weighted by Gasteiger charge is -2.11. The molecule has 0 atom stereocenters. The van der Waals surface area contributed by atoms with Crippen LogP contribution in [0.25, 0.3) is 27.1 Å². The number of carbonyl (C=O) groups excluding carboxylic acids is 1. The third-order valence-electron chi connectivity index (χ3n) is 4.39. The molecule has 4 heteroatoms. The lowest BCUT2D eigenvalue weighted by atomic mass is 9.99. The van der Waals surface area contributed by atoms with Crippen molar-refractivity contribution in [3.8, 4) is 22.3 Å². The number of esters is 1. The average Bonchev–Trinajstić information content (AvgIpc) is 3.08. The van der Waals surface area contributed by atoms with E-state index in [0.29, 0.717) is 30.1 Å². The summed E-state index contributed by atoms with van der Waals surface area (Å²) in [6.45, 7) is 12.4. The largest absolute Gasteiger partial charge is 0.461 e. The van der Waals surface area contributed by atoms with Crippen molar-refractivity contribution in [2.24, 2.45) is 0 Å². The Morgan fingerprint density at radius 1 is 1.00 bits per heavy atom. The van der Waals surface area contributed by atoms with Gasteiger partial charge < -0.3 is 9.30 Å². The molecule has 0 fully saturated rings. The molecule has 0 N–H and O–H groups in total. The maximum absolute atomic E-state index is 12.6. The van der Waals surface area contributed by atoms with Crippen LogP contribution in [0.5, 0.6) is 0 Å². The van der Waals surface area contributed by atoms with Crippen LogP contribution < -0.4 is 0 Å². The second-order valence-electron chi connectivity index (χ2n) is 6.21. The van der Waals surface area contributed by atoms with Crippen molar-refractivity contribution in [1.29, 1.82) is 0 Å². The van der Waals surface area contributed by atoms with E-state index >= 15 is 0 Å². The summed E-state index contributed by atoms with van der Waals surface area (Å²) in [7, 11) is 0. The van der Waals surface area contributed by atoms with Gasteiger partial charge in [0.05, 0.1) is 13.2 Å². The molecule has 0 aliphatic carbocycles. The molecule has 0 spiro atoms. The highest BCUT2D eigenvalue weighted by Gasteiger charge is 2.23. The molecule has 1 aromatic heterocycles. The number of nitrogens with zero attached hydrogens (tertiary/aromatic N) is 2. The Hall–Kier alpha value is -3.32. The number of ether oxygens (including phenoxy) is 1. The summed E-state index contributed by atoms with van der Waals surface area (Å²) in [5.74, 6) is -0.386. The molecule has 0 unspecified atom stereocenters. The van der Waals surface area contributed by atoms with Crippen molar-refractivity contribution < 1.29 is 9.53 Å². The molecule has 2 aromatic carbocycles. The summed E-state index contributed by atoms with van der Waals surface area (Å²) in [6.07, 6.45) is 2.62. The molecule has 3 rings (SSSR count). The van der Waals surface area contributed by atoms with Gasteiger partial charge in [-0.1, -0.05) is 61.5 Å². The number of aromatic nitrogens is 1. The fourth-order valence-electron chi connectivity index (χ4n) is 3.21. The Morgan fingerprint density at radius 3 is 2.22 bits per heavy atom. The van der Waals surface area contributed by atoms with Crippen LogP contribution in [-0.2, 0) is 11.3 Å².